The third kappa shape index (κ3) is 5.22. The van der Waals surface area contributed by atoms with Gasteiger partial charge in [0.15, 0.2) is 5.82 Å². The van der Waals surface area contributed by atoms with Crippen molar-refractivity contribution in [2.45, 2.75) is 0 Å². The van der Waals surface area contributed by atoms with Crippen LogP contribution in [0.2, 0.25) is 0 Å². The molecule has 3 aromatic heterocycles. The molecule has 0 radical (unpaired) electrons. The first-order chi connectivity index (χ1) is 15.6. The van der Waals surface area contributed by atoms with E-state index in [1.54, 1.807) is 49.8 Å². The highest BCUT2D eigenvalue weighted by atomic mass is 19.1. The molecule has 10 heteroatoms. The maximum absolute atomic E-state index is 13.1. The molecular formula is C22H21FN8O. The number of aryl methyl sites for hydroxylation is 1. The van der Waals surface area contributed by atoms with Crippen molar-refractivity contribution in [3.05, 3.63) is 78.5 Å². The van der Waals surface area contributed by atoms with E-state index in [2.05, 4.69) is 36.2 Å². The molecule has 0 aliphatic carbocycles. The third-order valence-corrected chi connectivity index (χ3v) is 4.57. The average molecular weight is 432 g/mol. The lowest BCUT2D eigenvalue weighted by Crippen LogP contribution is -2.30. The number of benzene rings is 1. The standard InChI is InChI=1S/C22H21FN8O/c1-31-19(13-18(30-31)15-4-6-16(23)7-5-15)22(32)26-12-11-25-20-8-9-21(29-28-20)27-17-3-2-10-24-14-17/h2-10,13-14H,11-12H2,1H3,(H,25,28)(H,26,32)(H,27,29). The van der Waals surface area contributed by atoms with Crippen LogP contribution in [0.1, 0.15) is 10.5 Å². The van der Waals surface area contributed by atoms with Crippen LogP contribution in [0, 0.1) is 5.82 Å². The molecule has 162 valence electrons. The topological polar surface area (TPSA) is 110 Å². The Labute approximate surface area is 183 Å². The minimum Gasteiger partial charge on any atom is -0.367 e. The molecular weight excluding hydrogens is 411 g/mol. The second-order valence-corrected chi connectivity index (χ2v) is 6.90. The number of nitrogens with zero attached hydrogens (tertiary/aromatic N) is 5. The van der Waals surface area contributed by atoms with Crippen LogP contribution >= 0.6 is 0 Å². The van der Waals surface area contributed by atoms with Crippen molar-refractivity contribution >= 4 is 23.2 Å². The molecule has 3 N–H and O–H groups in total. The van der Waals surface area contributed by atoms with Gasteiger partial charge in [-0.05, 0) is 54.6 Å². The molecule has 4 aromatic rings. The maximum Gasteiger partial charge on any atom is 0.269 e. The van der Waals surface area contributed by atoms with Crippen LogP contribution in [-0.4, -0.2) is 44.0 Å². The van der Waals surface area contributed by atoms with Gasteiger partial charge in [-0.2, -0.15) is 5.10 Å². The first kappa shape index (κ1) is 20.9. The summed E-state index contributed by atoms with van der Waals surface area (Å²) in [4.78, 5) is 16.5. The predicted octanol–water partition coefficient (Wildman–Crippen LogP) is 3.00. The van der Waals surface area contributed by atoms with E-state index in [0.29, 0.717) is 36.1 Å². The van der Waals surface area contributed by atoms with E-state index < -0.39 is 0 Å². The Bertz CT molecular complexity index is 1180. The lowest BCUT2D eigenvalue weighted by atomic mass is 10.1. The van der Waals surface area contributed by atoms with E-state index in [9.17, 15) is 9.18 Å². The number of nitrogens with one attached hydrogen (secondary N) is 3. The van der Waals surface area contributed by atoms with Gasteiger partial charge in [-0.25, -0.2) is 4.39 Å². The van der Waals surface area contributed by atoms with Crippen molar-refractivity contribution in [3.63, 3.8) is 0 Å². The van der Waals surface area contributed by atoms with Crippen LogP contribution in [0.4, 0.5) is 21.7 Å². The average Bonchev–Trinajstić information content (AvgIpc) is 3.20. The van der Waals surface area contributed by atoms with Crippen LogP contribution in [0.15, 0.2) is 67.0 Å². The van der Waals surface area contributed by atoms with Gasteiger partial charge in [0, 0.05) is 31.9 Å². The number of aromatic nitrogens is 5. The fraction of sp³-hybridized carbons (Fsp3) is 0.136. The Balaban J connectivity index is 1.26. The number of amides is 1. The van der Waals surface area contributed by atoms with E-state index >= 15 is 0 Å². The molecule has 9 nitrogen and oxygen atoms in total. The number of hydrogen-bond donors (Lipinski definition) is 3. The molecule has 4 rings (SSSR count). The first-order valence-corrected chi connectivity index (χ1v) is 9.91. The number of carbonyl (C=O) groups excluding carboxylic acids is 1. The van der Waals surface area contributed by atoms with E-state index in [4.69, 9.17) is 0 Å². The summed E-state index contributed by atoms with van der Waals surface area (Å²) in [7, 11) is 1.69. The summed E-state index contributed by atoms with van der Waals surface area (Å²) in [5.74, 6) is 0.622. The highest BCUT2D eigenvalue weighted by Gasteiger charge is 2.14. The second kappa shape index (κ2) is 9.65. The molecule has 1 amide bonds. The number of halogens is 1. The fourth-order valence-corrected chi connectivity index (χ4v) is 2.98. The van der Waals surface area contributed by atoms with Crippen molar-refractivity contribution in [1.29, 1.82) is 0 Å². The molecule has 0 saturated carbocycles. The number of rotatable bonds is 8. The minimum absolute atomic E-state index is 0.253. The van der Waals surface area contributed by atoms with Crippen molar-refractivity contribution in [3.8, 4) is 11.3 Å². The molecule has 0 saturated heterocycles. The van der Waals surface area contributed by atoms with Gasteiger partial charge < -0.3 is 16.0 Å². The molecule has 32 heavy (non-hydrogen) atoms. The zero-order valence-electron chi connectivity index (χ0n) is 17.3. The molecule has 0 aliphatic rings. The number of anilines is 3. The summed E-state index contributed by atoms with van der Waals surface area (Å²) in [5.41, 5.74) is 2.58. The fourth-order valence-electron chi connectivity index (χ4n) is 2.98. The molecule has 0 spiro atoms. The van der Waals surface area contributed by atoms with E-state index in [1.807, 2.05) is 12.1 Å². The van der Waals surface area contributed by atoms with Gasteiger partial charge in [-0.1, -0.05) is 0 Å². The van der Waals surface area contributed by atoms with Crippen LogP contribution < -0.4 is 16.0 Å². The zero-order valence-corrected chi connectivity index (χ0v) is 17.3. The van der Waals surface area contributed by atoms with Crippen LogP contribution in [-0.2, 0) is 7.05 Å². The Hall–Kier alpha value is -4.34. The van der Waals surface area contributed by atoms with Gasteiger partial charge >= 0.3 is 0 Å². The highest BCUT2D eigenvalue weighted by molar-refractivity contribution is 5.93. The largest absolute Gasteiger partial charge is 0.367 e. The van der Waals surface area contributed by atoms with E-state index in [-0.39, 0.29) is 11.7 Å². The Kier molecular flexibility index (Phi) is 6.30. The summed E-state index contributed by atoms with van der Waals surface area (Å²) >= 11 is 0. The van der Waals surface area contributed by atoms with Crippen LogP contribution in [0.3, 0.4) is 0 Å². The van der Waals surface area contributed by atoms with Gasteiger partial charge in [0.05, 0.1) is 17.6 Å². The molecule has 3 heterocycles. The predicted molar refractivity (Wildman–Crippen MR) is 119 cm³/mol. The monoisotopic (exact) mass is 432 g/mol. The molecule has 1 aromatic carbocycles. The van der Waals surface area contributed by atoms with Gasteiger partial charge in [0.1, 0.15) is 17.3 Å². The Morgan fingerprint density at radius 3 is 2.53 bits per heavy atom. The van der Waals surface area contributed by atoms with Crippen LogP contribution in [0.25, 0.3) is 11.3 Å². The molecule has 0 fully saturated rings. The smallest absolute Gasteiger partial charge is 0.269 e. The molecule has 0 aliphatic heterocycles. The Morgan fingerprint density at radius 1 is 1.03 bits per heavy atom. The maximum atomic E-state index is 13.1. The molecule has 0 unspecified atom stereocenters. The van der Waals surface area contributed by atoms with Gasteiger partial charge in [0.25, 0.3) is 5.91 Å². The van der Waals surface area contributed by atoms with Gasteiger partial charge in [-0.15, -0.1) is 10.2 Å². The zero-order chi connectivity index (χ0) is 22.3. The van der Waals surface area contributed by atoms with Crippen molar-refractivity contribution < 1.29 is 9.18 Å². The first-order valence-electron chi connectivity index (χ1n) is 9.91. The summed E-state index contributed by atoms with van der Waals surface area (Å²) in [6.45, 7) is 0.853. The molecule has 0 atom stereocenters. The number of carbonyl (C=O) groups is 1. The van der Waals surface area contributed by atoms with E-state index in [0.717, 1.165) is 11.3 Å². The number of pyridine rings is 1. The Morgan fingerprint density at radius 2 is 1.81 bits per heavy atom. The van der Waals surface area contributed by atoms with Crippen molar-refractivity contribution in [2.24, 2.45) is 7.05 Å². The van der Waals surface area contributed by atoms with Gasteiger partial charge in [-0.3, -0.25) is 14.5 Å². The third-order valence-electron chi connectivity index (χ3n) is 4.57. The molecule has 0 bridgehead atoms. The van der Waals surface area contributed by atoms with Crippen molar-refractivity contribution in [1.82, 2.24) is 30.3 Å². The second-order valence-electron chi connectivity index (χ2n) is 6.90. The normalized spacial score (nSPS) is 10.6. The minimum atomic E-state index is -0.320. The van der Waals surface area contributed by atoms with Gasteiger partial charge in [0.2, 0.25) is 0 Å². The summed E-state index contributed by atoms with van der Waals surface area (Å²) < 4.78 is 14.6. The van der Waals surface area contributed by atoms with E-state index in [1.165, 1.54) is 16.8 Å². The SMILES string of the molecule is Cn1nc(-c2ccc(F)cc2)cc1C(=O)NCCNc1ccc(Nc2cccnc2)nn1. The summed E-state index contributed by atoms with van der Waals surface area (Å²) in [5, 5.41) is 21.6. The lowest BCUT2D eigenvalue weighted by molar-refractivity contribution is 0.0946. The highest BCUT2D eigenvalue weighted by Crippen LogP contribution is 2.19. The number of hydrogen-bond acceptors (Lipinski definition) is 7. The summed E-state index contributed by atoms with van der Waals surface area (Å²) in [6.07, 6.45) is 3.39. The summed E-state index contributed by atoms with van der Waals surface area (Å²) in [6, 6.07) is 15.0. The lowest BCUT2D eigenvalue weighted by Gasteiger charge is -2.08. The van der Waals surface area contributed by atoms with Crippen molar-refractivity contribution in [2.75, 3.05) is 23.7 Å². The van der Waals surface area contributed by atoms with Crippen LogP contribution in [0.5, 0.6) is 0 Å². The quantitative estimate of drug-likeness (QED) is 0.367.